The van der Waals surface area contributed by atoms with E-state index in [4.69, 9.17) is 0 Å². The molecule has 0 spiro atoms. The Balaban J connectivity index is 2.22. The first-order valence-corrected chi connectivity index (χ1v) is 5.67. The molecule has 0 saturated carbocycles. The molecule has 1 nitrogen and oxygen atoms in total. The third kappa shape index (κ3) is 1.91. The van der Waals surface area contributed by atoms with Gasteiger partial charge in [-0.2, -0.15) is 0 Å². The molecule has 0 amide bonds. The quantitative estimate of drug-likeness (QED) is 0.800. The fourth-order valence-corrected chi connectivity index (χ4v) is 2.38. The van der Waals surface area contributed by atoms with Gasteiger partial charge in [-0.05, 0) is 24.5 Å². The van der Waals surface area contributed by atoms with Crippen molar-refractivity contribution in [1.82, 2.24) is 0 Å². The SMILES string of the molecule is OC(c1ccccc1Br)[C@H]1C=CCC1. The lowest BCUT2D eigenvalue weighted by Gasteiger charge is -2.17. The smallest absolute Gasteiger partial charge is 0.0863 e. The summed E-state index contributed by atoms with van der Waals surface area (Å²) < 4.78 is 0.993. The maximum atomic E-state index is 10.1. The summed E-state index contributed by atoms with van der Waals surface area (Å²) in [5, 5.41) is 10.1. The van der Waals surface area contributed by atoms with Gasteiger partial charge >= 0.3 is 0 Å². The Hall–Kier alpha value is -0.600. The first-order valence-electron chi connectivity index (χ1n) is 4.88. The van der Waals surface area contributed by atoms with Gasteiger partial charge in [0.15, 0.2) is 0 Å². The van der Waals surface area contributed by atoms with E-state index in [-0.39, 0.29) is 12.0 Å². The fraction of sp³-hybridized carbons (Fsp3) is 0.333. The number of benzene rings is 1. The molecule has 2 atom stereocenters. The zero-order chi connectivity index (χ0) is 9.97. The summed E-state index contributed by atoms with van der Waals surface area (Å²) in [6, 6.07) is 7.87. The second-order valence-corrected chi connectivity index (χ2v) is 4.49. The molecular formula is C12H13BrO. The summed E-state index contributed by atoms with van der Waals surface area (Å²) in [5.41, 5.74) is 0.990. The number of rotatable bonds is 2. The minimum atomic E-state index is -0.371. The molecule has 1 aromatic carbocycles. The predicted octanol–water partition coefficient (Wildman–Crippen LogP) is 3.45. The number of aliphatic hydroxyl groups is 1. The molecule has 0 aromatic heterocycles. The highest BCUT2D eigenvalue weighted by molar-refractivity contribution is 9.10. The van der Waals surface area contributed by atoms with Crippen molar-refractivity contribution >= 4 is 15.9 Å². The number of halogens is 1. The fourth-order valence-electron chi connectivity index (χ4n) is 1.86. The van der Waals surface area contributed by atoms with Crippen LogP contribution in [0.1, 0.15) is 24.5 Å². The molecule has 1 N–H and O–H groups in total. The van der Waals surface area contributed by atoms with Gasteiger partial charge in [-0.15, -0.1) is 0 Å². The van der Waals surface area contributed by atoms with E-state index < -0.39 is 0 Å². The van der Waals surface area contributed by atoms with Crippen LogP contribution >= 0.6 is 15.9 Å². The van der Waals surface area contributed by atoms with Crippen molar-refractivity contribution < 1.29 is 5.11 Å². The first-order chi connectivity index (χ1) is 6.79. The van der Waals surface area contributed by atoms with E-state index in [2.05, 4.69) is 28.1 Å². The molecule has 14 heavy (non-hydrogen) atoms. The van der Waals surface area contributed by atoms with E-state index in [1.165, 1.54) is 0 Å². The number of allylic oxidation sites excluding steroid dienone is 1. The number of hydrogen-bond donors (Lipinski definition) is 1. The highest BCUT2D eigenvalue weighted by Crippen LogP contribution is 2.34. The lowest BCUT2D eigenvalue weighted by Crippen LogP contribution is -2.08. The second-order valence-electron chi connectivity index (χ2n) is 3.64. The Morgan fingerprint density at radius 2 is 2.14 bits per heavy atom. The van der Waals surface area contributed by atoms with E-state index in [0.717, 1.165) is 22.9 Å². The Kier molecular flexibility index (Phi) is 3.04. The van der Waals surface area contributed by atoms with Crippen LogP contribution in [0.25, 0.3) is 0 Å². The monoisotopic (exact) mass is 252 g/mol. The lowest BCUT2D eigenvalue weighted by molar-refractivity contribution is 0.130. The molecular weight excluding hydrogens is 240 g/mol. The average molecular weight is 253 g/mol. The van der Waals surface area contributed by atoms with E-state index in [1.807, 2.05) is 24.3 Å². The van der Waals surface area contributed by atoms with Crippen LogP contribution in [0.5, 0.6) is 0 Å². The van der Waals surface area contributed by atoms with Crippen LogP contribution in [0.15, 0.2) is 40.9 Å². The molecule has 1 unspecified atom stereocenters. The minimum Gasteiger partial charge on any atom is -0.388 e. The van der Waals surface area contributed by atoms with Gasteiger partial charge in [0, 0.05) is 10.4 Å². The minimum absolute atomic E-state index is 0.286. The van der Waals surface area contributed by atoms with Crippen LogP contribution in [-0.2, 0) is 0 Å². The van der Waals surface area contributed by atoms with Crippen molar-refractivity contribution in [3.8, 4) is 0 Å². The molecule has 1 aliphatic rings. The molecule has 0 aliphatic heterocycles. The van der Waals surface area contributed by atoms with Crippen LogP contribution in [0.3, 0.4) is 0 Å². The van der Waals surface area contributed by atoms with Crippen molar-refractivity contribution in [2.24, 2.45) is 5.92 Å². The van der Waals surface area contributed by atoms with E-state index in [0.29, 0.717) is 0 Å². The Bertz CT molecular complexity index is 346. The highest BCUT2D eigenvalue weighted by Gasteiger charge is 2.21. The third-order valence-electron chi connectivity index (χ3n) is 2.68. The molecule has 0 bridgehead atoms. The highest BCUT2D eigenvalue weighted by atomic mass is 79.9. The molecule has 74 valence electrons. The first kappa shape index (κ1) is 9.94. The summed E-state index contributed by atoms with van der Waals surface area (Å²) in [5.74, 6) is 0.286. The Labute approximate surface area is 92.6 Å². The van der Waals surface area contributed by atoms with Gasteiger partial charge in [0.25, 0.3) is 0 Å². The molecule has 2 heteroatoms. The summed E-state index contributed by atoms with van der Waals surface area (Å²) in [6.07, 6.45) is 6.04. The van der Waals surface area contributed by atoms with Crippen LogP contribution < -0.4 is 0 Å². The summed E-state index contributed by atoms with van der Waals surface area (Å²) >= 11 is 3.46. The molecule has 1 aliphatic carbocycles. The maximum Gasteiger partial charge on any atom is 0.0863 e. The zero-order valence-corrected chi connectivity index (χ0v) is 9.44. The van der Waals surface area contributed by atoms with Crippen molar-refractivity contribution in [3.05, 3.63) is 46.5 Å². The standard InChI is InChI=1S/C12H13BrO/c13-11-8-4-3-7-10(11)12(14)9-5-1-2-6-9/h1,3-5,7-9,12,14H,2,6H2/t9-,12?/m0/s1. The molecule has 0 saturated heterocycles. The Morgan fingerprint density at radius 1 is 1.36 bits per heavy atom. The summed E-state index contributed by atoms with van der Waals surface area (Å²) in [7, 11) is 0. The van der Waals surface area contributed by atoms with Crippen molar-refractivity contribution in [2.45, 2.75) is 18.9 Å². The van der Waals surface area contributed by atoms with Gasteiger partial charge in [-0.25, -0.2) is 0 Å². The van der Waals surface area contributed by atoms with E-state index >= 15 is 0 Å². The number of aliphatic hydroxyl groups excluding tert-OH is 1. The maximum absolute atomic E-state index is 10.1. The number of hydrogen-bond acceptors (Lipinski definition) is 1. The second kappa shape index (κ2) is 4.28. The average Bonchev–Trinajstić information content (AvgIpc) is 2.70. The summed E-state index contributed by atoms with van der Waals surface area (Å²) in [6.45, 7) is 0. The van der Waals surface area contributed by atoms with Crippen LogP contribution in [0.2, 0.25) is 0 Å². The topological polar surface area (TPSA) is 20.2 Å². The predicted molar refractivity (Wildman–Crippen MR) is 61.0 cm³/mol. The largest absolute Gasteiger partial charge is 0.388 e. The molecule has 0 heterocycles. The van der Waals surface area contributed by atoms with Gasteiger partial charge in [0.2, 0.25) is 0 Å². The Morgan fingerprint density at radius 3 is 2.79 bits per heavy atom. The van der Waals surface area contributed by atoms with E-state index in [1.54, 1.807) is 0 Å². The summed E-state index contributed by atoms with van der Waals surface area (Å²) in [4.78, 5) is 0. The van der Waals surface area contributed by atoms with Crippen LogP contribution in [-0.4, -0.2) is 5.11 Å². The lowest BCUT2D eigenvalue weighted by atomic mass is 9.95. The van der Waals surface area contributed by atoms with Crippen molar-refractivity contribution in [1.29, 1.82) is 0 Å². The molecule has 0 fully saturated rings. The molecule has 1 aromatic rings. The van der Waals surface area contributed by atoms with Gasteiger partial charge in [0.1, 0.15) is 0 Å². The van der Waals surface area contributed by atoms with Crippen LogP contribution in [0, 0.1) is 5.92 Å². The van der Waals surface area contributed by atoms with Gasteiger partial charge in [0.05, 0.1) is 6.10 Å². The molecule has 0 radical (unpaired) electrons. The normalized spacial score (nSPS) is 22.6. The zero-order valence-electron chi connectivity index (χ0n) is 7.86. The van der Waals surface area contributed by atoms with E-state index in [9.17, 15) is 5.11 Å². The van der Waals surface area contributed by atoms with Gasteiger partial charge < -0.3 is 5.11 Å². The van der Waals surface area contributed by atoms with Crippen molar-refractivity contribution in [2.75, 3.05) is 0 Å². The van der Waals surface area contributed by atoms with Gasteiger partial charge in [-0.1, -0.05) is 46.3 Å². The molecule has 2 rings (SSSR count). The third-order valence-corrected chi connectivity index (χ3v) is 3.40. The van der Waals surface area contributed by atoms with Crippen LogP contribution in [0.4, 0.5) is 0 Å². The van der Waals surface area contributed by atoms with Gasteiger partial charge in [-0.3, -0.25) is 0 Å². The van der Waals surface area contributed by atoms with Crippen molar-refractivity contribution in [3.63, 3.8) is 0 Å².